The van der Waals surface area contributed by atoms with Gasteiger partial charge >= 0.3 is 5.69 Å². The summed E-state index contributed by atoms with van der Waals surface area (Å²) in [7, 11) is 1.63. The third kappa shape index (κ3) is 6.22. The Morgan fingerprint density at radius 1 is 0.925 bits per heavy atom. The van der Waals surface area contributed by atoms with E-state index in [0.29, 0.717) is 12.1 Å². The number of rotatable bonds is 12. The molecule has 3 aromatic carbocycles. The Bertz CT molecular complexity index is 1480. The van der Waals surface area contributed by atoms with Crippen LogP contribution in [-0.2, 0) is 16.9 Å². The topological polar surface area (TPSA) is 117 Å². The fraction of sp³-hybridized carbons (Fsp3) is 0.258. The smallest absolute Gasteiger partial charge is 0.328 e. The van der Waals surface area contributed by atoms with Crippen molar-refractivity contribution < 1.29 is 14.6 Å². The van der Waals surface area contributed by atoms with Gasteiger partial charge in [0.2, 0.25) is 5.91 Å². The van der Waals surface area contributed by atoms with Gasteiger partial charge in [0.1, 0.15) is 12.3 Å². The quantitative estimate of drug-likeness (QED) is 0.237. The van der Waals surface area contributed by atoms with Gasteiger partial charge in [0.05, 0.1) is 19.3 Å². The number of carbonyl (C=O) groups is 1. The lowest BCUT2D eigenvalue weighted by atomic mass is 9.77. The summed E-state index contributed by atoms with van der Waals surface area (Å²) in [6.45, 7) is 1.84. The number of nitrogens with one attached hydrogen (secondary N) is 2. The fourth-order valence-corrected chi connectivity index (χ4v) is 4.87. The number of aromatic amines is 1. The molecule has 40 heavy (non-hydrogen) atoms. The Kier molecular flexibility index (Phi) is 9.31. The second-order valence-corrected chi connectivity index (χ2v) is 9.44. The van der Waals surface area contributed by atoms with E-state index in [1.165, 1.54) is 15.7 Å². The molecule has 0 saturated heterocycles. The Morgan fingerprint density at radius 2 is 1.50 bits per heavy atom. The molecule has 3 N–H and O–H groups in total. The van der Waals surface area contributed by atoms with Gasteiger partial charge in [0, 0.05) is 31.4 Å². The molecule has 0 fully saturated rings. The van der Waals surface area contributed by atoms with Crippen LogP contribution in [0.1, 0.15) is 22.3 Å². The minimum atomic E-state index is -0.754. The van der Waals surface area contributed by atoms with E-state index in [9.17, 15) is 19.5 Å². The third-order valence-corrected chi connectivity index (χ3v) is 6.93. The third-order valence-electron chi connectivity index (χ3n) is 6.93. The number of amides is 1. The van der Waals surface area contributed by atoms with E-state index in [-0.39, 0.29) is 32.1 Å². The first-order valence-corrected chi connectivity index (χ1v) is 13.1. The highest BCUT2D eigenvalue weighted by atomic mass is 16.5. The minimum Gasteiger partial charge on any atom is -0.497 e. The van der Waals surface area contributed by atoms with Crippen LogP contribution >= 0.6 is 0 Å². The zero-order valence-corrected chi connectivity index (χ0v) is 22.7. The molecule has 9 nitrogen and oxygen atoms in total. The van der Waals surface area contributed by atoms with Crippen LogP contribution in [0.4, 0.5) is 0 Å². The van der Waals surface area contributed by atoms with Crippen molar-refractivity contribution >= 4 is 5.91 Å². The second-order valence-electron chi connectivity index (χ2n) is 9.44. The van der Waals surface area contributed by atoms with Gasteiger partial charge in [0.25, 0.3) is 5.56 Å². The number of aliphatic hydroxyl groups is 1. The van der Waals surface area contributed by atoms with Gasteiger partial charge in [-0.3, -0.25) is 24.5 Å². The van der Waals surface area contributed by atoms with E-state index in [1.54, 1.807) is 14.0 Å². The summed E-state index contributed by atoms with van der Waals surface area (Å²) in [4.78, 5) is 40.9. The summed E-state index contributed by atoms with van der Waals surface area (Å²) in [6.07, 6.45) is 1.37. The molecule has 0 spiro atoms. The number of H-pyrrole nitrogens is 1. The zero-order chi connectivity index (χ0) is 28.5. The molecule has 1 amide bonds. The van der Waals surface area contributed by atoms with E-state index in [2.05, 4.69) is 34.6 Å². The van der Waals surface area contributed by atoms with Gasteiger partial charge < -0.3 is 14.7 Å². The van der Waals surface area contributed by atoms with Gasteiger partial charge in [-0.1, -0.05) is 72.8 Å². The van der Waals surface area contributed by atoms with Gasteiger partial charge in [-0.2, -0.15) is 0 Å². The molecule has 4 rings (SSSR count). The summed E-state index contributed by atoms with van der Waals surface area (Å²) in [5, 5.41) is 13.4. The minimum absolute atomic E-state index is 0.101. The number of hydrogen-bond acceptors (Lipinski definition) is 6. The summed E-state index contributed by atoms with van der Waals surface area (Å²) in [5.41, 5.74) is 1.46. The number of hydrogen-bond donors (Lipinski definition) is 3. The van der Waals surface area contributed by atoms with Crippen molar-refractivity contribution in [2.75, 3.05) is 33.4 Å². The molecule has 1 aromatic heterocycles. The first-order valence-electron chi connectivity index (χ1n) is 13.1. The Hall–Kier alpha value is -4.47. The number of carbonyl (C=O) groups excluding carboxylic acids is 1. The molecule has 0 aliphatic rings. The van der Waals surface area contributed by atoms with E-state index in [1.807, 2.05) is 60.7 Å². The first kappa shape index (κ1) is 28.5. The lowest BCUT2D eigenvalue weighted by molar-refractivity contribution is -0.132. The molecule has 0 aliphatic carbocycles. The highest BCUT2D eigenvalue weighted by Crippen LogP contribution is 2.37. The number of nitrogens with zero attached hydrogens (tertiary/aromatic N) is 2. The summed E-state index contributed by atoms with van der Waals surface area (Å²) in [5.74, 6) is 0.394. The maximum absolute atomic E-state index is 13.2. The van der Waals surface area contributed by atoms with Crippen molar-refractivity contribution in [2.45, 2.75) is 19.0 Å². The van der Waals surface area contributed by atoms with Crippen LogP contribution in [-0.4, -0.2) is 58.8 Å². The molecule has 0 unspecified atom stereocenters. The number of ether oxygens (including phenoxy) is 1. The largest absolute Gasteiger partial charge is 0.497 e. The lowest BCUT2D eigenvalue weighted by Gasteiger charge is -2.38. The normalized spacial score (nSPS) is 11.3. The first-order chi connectivity index (χ1) is 19.4. The monoisotopic (exact) mass is 542 g/mol. The average molecular weight is 543 g/mol. The highest BCUT2D eigenvalue weighted by Gasteiger charge is 2.36. The van der Waals surface area contributed by atoms with Crippen LogP contribution in [0.15, 0.2) is 101 Å². The van der Waals surface area contributed by atoms with Crippen molar-refractivity contribution in [2.24, 2.45) is 0 Å². The van der Waals surface area contributed by atoms with E-state index in [0.717, 1.165) is 22.4 Å². The zero-order valence-electron chi connectivity index (χ0n) is 22.7. The van der Waals surface area contributed by atoms with E-state index >= 15 is 0 Å². The summed E-state index contributed by atoms with van der Waals surface area (Å²) >= 11 is 0. The molecule has 9 heteroatoms. The van der Waals surface area contributed by atoms with Crippen LogP contribution in [0, 0.1) is 6.92 Å². The molecule has 208 valence electrons. The SMILES string of the molecule is COc1ccc(C(NCCN(CCO)C(=O)Cn2cc(C)c(=O)[nH]c2=O)(c2ccccc2)c2ccccc2)cc1. The number of aliphatic hydroxyl groups excluding tert-OH is 1. The fourth-order valence-electron chi connectivity index (χ4n) is 4.87. The molecule has 4 aromatic rings. The number of aryl methyl sites for hydroxylation is 1. The van der Waals surface area contributed by atoms with Crippen LogP contribution in [0.3, 0.4) is 0 Å². The molecule has 0 aliphatic heterocycles. The molecule has 0 radical (unpaired) electrons. The van der Waals surface area contributed by atoms with Gasteiger partial charge in [-0.15, -0.1) is 0 Å². The maximum Gasteiger partial charge on any atom is 0.328 e. The van der Waals surface area contributed by atoms with Gasteiger partial charge in [-0.05, 0) is 35.7 Å². The van der Waals surface area contributed by atoms with Crippen LogP contribution in [0.5, 0.6) is 5.75 Å². The Labute approximate surface area is 232 Å². The summed E-state index contributed by atoms with van der Waals surface area (Å²) in [6, 6.07) is 28.0. The van der Waals surface area contributed by atoms with Crippen LogP contribution < -0.4 is 21.3 Å². The van der Waals surface area contributed by atoms with Crippen molar-refractivity contribution in [1.29, 1.82) is 0 Å². The predicted molar refractivity (Wildman–Crippen MR) is 153 cm³/mol. The van der Waals surface area contributed by atoms with Crippen molar-refractivity contribution in [1.82, 2.24) is 19.8 Å². The molecule has 0 saturated carbocycles. The molecule has 0 bridgehead atoms. The summed E-state index contributed by atoms with van der Waals surface area (Å²) < 4.78 is 6.57. The Balaban J connectivity index is 1.66. The Morgan fingerprint density at radius 3 is 2.05 bits per heavy atom. The van der Waals surface area contributed by atoms with Crippen molar-refractivity contribution in [3.8, 4) is 5.75 Å². The number of benzene rings is 3. The molecular formula is C31H34N4O5. The lowest BCUT2D eigenvalue weighted by Crippen LogP contribution is -2.49. The van der Waals surface area contributed by atoms with Crippen LogP contribution in [0.2, 0.25) is 0 Å². The van der Waals surface area contributed by atoms with E-state index in [4.69, 9.17) is 4.74 Å². The van der Waals surface area contributed by atoms with Crippen molar-refractivity contribution in [3.05, 3.63) is 134 Å². The van der Waals surface area contributed by atoms with E-state index < -0.39 is 16.8 Å². The standard InChI is InChI=1S/C31H34N4O5/c1-23-21-35(30(39)33-29(23)38)22-28(37)34(19-20-36)18-17-32-31(24-9-5-3-6-10-24,25-11-7-4-8-12-25)26-13-15-27(40-2)16-14-26/h3-16,21,32,36H,17-20,22H2,1-2H3,(H,33,38,39). The predicted octanol–water partition coefficient (Wildman–Crippen LogP) is 2.26. The highest BCUT2D eigenvalue weighted by molar-refractivity contribution is 5.76. The van der Waals surface area contributed by atoms with Crippen molar-refractivity contribution in [3.63, 3.8) is 0 Å². The maximum atomic E-state index is 13.2. The average Bonchev–Trinajstić information content (AvgIpc) is 2.98. The number of aromatic nitrogens is 2. The second kappa shape index (κ2) is 13.1. The molecule has 1 heterocycles. The van der Waals surface area contributed by atoms with Crippen LogP contribution in [0.25, 0.3) is 0 Å². The molecular weight excluding hydrogens is 508 g/mol. The van der Waals surface area contributed by atoms with Gasteiger partial charge in [-0.25, -0.2) is 4.79 Å². The number of methoxy groups -OCH3 is 1. The van der Waals surface area contributed by atoms with Gasteiger partial charge in [0.15, 0.2) is 0 Å². The molecule has 0 atom stereocenters.